The maximum Gasteiger partial charge on any atom is 0.321 e. The first-order valence-electron chi connectivity index (χ1n) is 12.3. The molecule has 0 unspecified atom stereocenters. The molecule has 0 bridgehead atoms. The lowest BCUT2D eigenvalue weighted by Gasteiger charge is -2.14. The highest BCUT2D eigenvalue weighted by atomic mass is 16.5. The minimum Gasteiger partial charge on any atom is -0.480 e. The van der Waals surface area contributed by atoms with Crippen molar-refractivity contribution in [1.82, 2.24) is 5.32 Å². The van der Waals surface area contributed by atoms with E-state index in [4.69, 9.17) is 4.74 Å². The van der Waals surface area contributed by atoms with Crippen molar-refractivity contribution in [2.45, 2.75) is 109 Å². The molecule has 2 N–H and O–H groups in total. The van der Waals surface area contributed by atoms with Crippen LogP contribution in [0.5, 0.6) is 0 Å². The third kappa shape index (κ3) is 15.6. The molecule has 1 aromatic carbocycles. The summed E-state index contributed by atoms with van der Waals surface area (Å²) in [5.74, 6) is -1.50. The second-order valence-electron chi connectivity index (χ2n) is 8.44. The zero-order chi connectivity index (χ0) is 22.6. The number of hydrogen-bond acceptors (Lipinski definition) is 4. The lowest BCUT2D eigenvalue weighted by atomic mass is 10.0. The molecule has 1 aromatic rings. The molecule has 0 saturated carbocycles. The van der Waals surface area contributed by atoms with E-state index in [0.29, 0.717) is 6.54 Å². The average Bonchev–Trinajstić information content (AvgIpc) is 2.77. The van der Waals surface area contributed by atoms with E-state index in [9.17, 15) is 14.7 Å². The fraction of sp³-hybridized carbons (Fsp3) is 0.692. The molecule has 31 heavy (non-hydrogen) atoms. The van der Waals surface area contributed by atoms with Crippen molar-refractivity contribution in [3.8, 4) is 0 Å². The van der Waals surface area contributed by atoms with E-state index in [2.05, 4.69) is 12.2 Å². The number of carbonyl (C=O) groups is 2. The molecule has 0 spiro atoms. The fourth-order valence-corrected chi connectivity index (χ4v) is 3.63. The third-order valence-electron chi connectivity index (χ3n) is 5.58. The van der Waals surface area contributed by atoms with Crippen molar-refractivity contribution in [2.75, 3.05) is 6.54 Å². The largest absolute Gasteiger partial charge is 0.480 e. The molecule has 5 nitrogen and oxygen atoms in total. The molecule has 0 heterocycles. The van der Waals surface area contributed by atoms with E-state index in [1.807, 2.05) is 30.3 Å². The van der Waals surface area contributed by atoms with Crippen LogP contribution in [0.2, 0.25) is 0 Å². The van der Waals surface area contributed by atoms with Crippen molar-refractivity contribution in [3.63, 3.8) is 0 Å². The van der Waals surface area contributed by atoms with Gasteiger partial charge in [0.1, 0.15) is 12.6 Å². The first-order chi connectivity index (χ1) is 15.1. The van der Waals surface area contributed by atoms with E-state index in [1.165, 1.54) is 70.6 Å². The van der Waals surface area contributed by atoms with Crippen LogP contribution in [0.3, 0.4) is 0 Å². The summed E-state index contributed by atoms with van der Waals surface area (Å²) in [6, 6.07) is 8.50. The van der Waals surface area contributed by atoms with Crippen LogP contribution in [0.15, 0.2) is 30.3 Å². The standard InChI is InChI=1S/C26H43NO4/c1-2-3-4-5-6-7-8-9-10-11-12-13-17-20-27-24(26(29)30)21-25(28)31-22-23-18-15-14-16-19-23/h14-16,18-19,24,27H,2-13,17,20-22H2,1H3,(H,29,30)/t24-/m0/s1. The summed E-state index contributed by atoms with van der Waals surface area (Å²) in [5.41, 5.74) is 0.891. The third-order valence-corrected chi connectivity index (χ3v) is 5.58. The Bertz CT molecular complexity index is 576. The normalized spacial score (nSPS) is 11.9. The predicted octanol–water partition coefficient (Wildman–Crippen LogP) is 6.25. The van der Waals surface area contributed by atoms with Crippen molar-refractivity contribution in [2.24, 2.45) is 0 Å². The van der Waals surface area contributed by atoms with E-state index < -0.39 is 18.0 Å². The summed E-state index contributed by atoms with van der Waals surface area (Å²) in [7, 11) is 0. The van der Waals surface area contributed by atoms with Crippen LogP contribution in [0, 0.1) is 0 Å². The summed E-state index contributed by atoms with van der Waals surface area (Å²) in [4.78, 5) is 23.4. The Labute approximate surface area is 189 Å². The zero-order valence-corrected chi connectivity index (χ0v) is 19.4. The second kappa shape index (κ2) is 18.9. The monoisotopic (exact) mass is 433 g/mol. The number of rotatable bonds is 20. The zero-order valence-electron chi connectivity index (χ0n) is 19.4. The number of carboxylic acids is 1. The second-order valence-corrected chi connectivity index (χ2v) is 8.44. The minimum atomic E-state index is -1.01. The number of carbonyl (C=O) groups excluding carboxylic acids is 1. The lowest BCUT2D eigenvalue weighted by Crippen LogP contribution is -2.39. The van der Waals surface area contributed by atoms with Gasteiger partial charge >= 0.3 is 11.9 Å². The van der Waals surface area contributed by atoms with Gasteiger partial charge in [0, 0.05) is 0 Å². The highest BCUT2D eigenvalue weighted by Gasteiger charge is 2.21. The van der Waals surface area contributed by atoms with Gasteiger partial charge in [0.25, 0.3) is 0 Å². The Kier molecular flexibility index (Phi) is 16.5. The number of ether oxygens (including phenoxy) is 1. The molecule has 0 radical (unpaired) electrons. The van der Waals surface area contributed by atoms with Gasteiger partial charge in [-0.1, -0.05) is 114 Å². The highest BCUT2D eigenvalue weighted by molar-refractivity contribution is 5.81. The Balaban J connectivity index is 1.99. The number of esters is 1. The fourth-order valence-electron chi connectivity index (χ4n) is 3.63. The molecule has 0 aromatic heterocycles. The van der Waals surface area contributed by atoms with Crippen LogP contribution < -0.4 is 5.32 Å². The molecule has 0 fully saturated rings. The van der Waals surface area contributed by atoms with Gasteiger partial charge in [0.15, 0.2) is 0 Å². The van der Waals surface area contributed by atoms with Crippen LogP contribution in [-0.2, 0) is 20.9 Å². The van der Waals surface area contributed by atoms with Gasteiger partial charge in [-0.15, -0.1) is 0 Å². The van der Waals surface area contributed by atoms with Gasteiger partial charge in [0.2, 0.25) is 0 Å². The van der Waals surface area contributed by atoms with E-state index >= 15 is 0 Å². The number of benzene rings is 1. The van der Waals surface area contributed by atoms with Crippen LogP contribution in [0.4, 0.5) is 0 Å². The van der Waals surface area contributed by atoms with Gasteiger partial charge in [-0.25, -0.2) is 0 Å². The van der Waals surface area contributed by atoms with Gasteiger partial charge in [0.05, 0.1) is 6.42 Å². The summed E-state index contributed by atoms with van der Waals surface area (Å²) >= 11 is 0. The molecule has 0 aliphatic heterocycles. The van der Waals surface area contributed by atoms with Crippen LogP contribution in [0.1, 0.15) is 102 Å². The summed E-state index contributed by atoms with van der Waals surface area (Å²) in [6.07, 6.45) is 16.5. The molecule has 0 aliphatic carbocycles. The van der Waals surface area contributed by atoms with Crippen LogP contribution in [-0.4, -0.2) is 29.6 Å². The van der Waals surface area contributed by atoms with Crippen molar-refractivity contribution in [3.05, 3.63) is 35.9 Å². The summed E-state index contributed by atoms with van der Waals surface area (Å²) < 4.78 is 5.19. The Morgan fingerprint density at radius 1 is 0.839 bits per heavy atom. The van der Waals surface area contributed by atoms with E-state index in [0.717, 1.165) is 18.4 Å². The maximum absolute atomic E-state index is 12.0. The number of hydrogen-bond donors (Lipinski definition) is 2. The van der Waals surface area contributed by atoms with Gasteiger partial charge in [-0.2, -0.15) is 0 Å². The SMILES string of the molecule is CCCCCCCCCCCCCCCN[C@@H](CC(=O)OCc1ccccc1)C(=O)O. The average molecular weight is 434 g/mol. The Morgan fingerprint density at radius 2 is 1.35 bits per heavy atom. The van der Waals surface area contributed by atoms with Gasteiger partial charge in [-0.05, 0) is 18.5 Å². The Morgan fingerprint density at radius 3 is 1.87 bits per heavy atom. The van der Waals surface area contributed by atoms with Crippen LogP contribution in [0.25, 0.3) is 0 Å². The topological polar surface area (TPSA) is 75.6 Å². The molecule has 0 aliphatic rings. The number of unbranched alkanes of at least 4 members (excludes halogenated alkanes) is 12. The van der Waals surface area contributed by atoms with Crippen molar-refractivity contribution in [1.29, 1.82) is 0 Å². The highest BCUT2D eigenvalue weighted by Crippen LogP contribution is 2.12. The number of nitrogens with one attached hydrogen (secondary N) is 1. The first-order valence-corrected chi connectivity index (χ1v) is 12.3. The van der Waals surface area contributed by atoms with Gasteiger partial charge < -0.3 is 15.2 Å². The molecular formula is C26H43NO4. The summed E-state index contributed by atoms with van der Waals surface area (Å²) in [5, 5.41) is 12.3. The van der Waals surface area contributed by atoms with Crippen LogP contribution >= 0.6 is 0 Å². The Hall–Kier alpha value is -1.88. The van der Waals surface area contributed by atoms with E-state index in [-0.39, 0.29) is 13.0 Å². The molecule has 5 heteroatoms. The molecule has 0 amide bonds. The minimum absolute atomic E-state index is 0.152. The predicted molar refractivity (Wildman–Crippen MR) is 126 cm³/mol. The smallest absolute Gasteiger partial charge is 0.321 e. The van der Waals surface area contributed by atoms with Crippen molar-refractivity contribution < 1.29 is 19.4 Å². The number of aliphatic carboxylic acids is 1. The quantitative estimate of drug-likeness (QED) is 0.188. The molecule has 1 rings (SSSR count). The van der Waals surface area contributed by atoms with E-state index in [1.54, 1.807) is 0 Å². The van der Waals surface area contributed by atoms with Gasteiger partial charge in [-0.3, -0.25) is 9.59 Å². The molecule has 1 atom stereocenters. The molecule has 0 saturated heterocycles. The lowest BCUT2D eigenvalue weighted by molar-refractivity contribution is -0.150. The molecular weight excluding hydrogens is 390 g/mol. The summed E-state index contributed by atoms with van der Waals surface area (Å²) in [6.45, 7) is 3.04. The maximum atomic E-state index is 12.0. The first kappa shape index (κ1) is 27.2. The number of carboxylic acid groups (broad SMARTS) is 1. The van der Waals surface area contributed by atoms with Crippen molar-refractivity contribution >= 4 is 11.9 Å². The molecule has 176 valence electrons.